The van der Waals surface area contributed by atoms with E-state index in [4.69, 9.17) is 4.42 Å². The Balaban J connectivity index is 1.70. The molecule has 1 heterocycles. The SMILES string of the molecule is O=C(c1ccccc1)c1cccc(-c2c(C(=O)c3ccccc3)oc3ccccc3c2=O)c1C(=O)c1ccccc1. The molecule has 0 saturated heterocycles. The molecule has 5 nitrogen and oxygen atoms in total. The summed E-state index contributed by atoms with van der Waals surface area (Å²) in [4.78, 5) is 55.9. The fourth-order valence-corrected chi connectivity index (χ4v) is 4.94. The molecule has 6 aromatic rings. The van der Waals surface area contributed by atoms with Crippen LogP contribution >= 0.6 is 0 Å². The Bertz CT molecular complexity index is 1990. The van der Waals surface area contributed by atoms with Crippen LogP contribution in [0.15, 0.2) is 143 Å². The summed E-state index contributed by atoms with van der Waals surface area (Å²) in [6.07, 6.45) is 0. The summed E-state index contributed by atoms with van der Waals surface area (Å²) < 4.78 is 6.12. The molecular weight excluding hydrogens is 512 g/mol. The molecule has 196 valence electrons. The van der Waals surface area contributed by atoms with Gasteiger partial charge in [0.15, 0.2) is 17.3 Å². The normalized spacial score (nSPS) is 10.8. The first-order chi connectivity index (χ1) is 20.0. The number of para-hydroxylation sites is 1. The van der Waals surface area contributed by atoms with Gasteiger partial charge in [0.25, 0.3) is 0 Å². The average Bonchev–Trinajstić information content (AvgIpc) is 3.04. The van der Waals surface area contributed by atoms with E-state index in [0.717, 1.165) is 0 Å². The Morgan fingerprint density at radius 2 is 1.00 bits per heavy atom. The summed E-state index contributed by atoms with van der Waals surface area (Å²) in [5.41, 5.74) is 1.04. The van der Waals surface area contributed by atoms with Crippen molar-refractivity contribution >= 4 is 28.3 Å². The van der Waals surface area contributed by atoms with E-state index in [1.807, 2.05) is 0 Å². The average molecular weight is 535 g/mol. The van der Waals surface area contributed by atoms with E-state index in [2.05, 4.69) is 0 Å². The number of hydrogen-bond donors (Lipinski definition) is 0. The summed E-state index contributed by atoms with van der Waals surface area (Å²) >= 11 is 0. The molecular formula is C36H22O5. The number of fused-ring (bicyclic) bond motifs is 1. The van der Waals surface area contributed by atoms with E-state index in [9.17, 15) is 19.2 Å². The van der Waals surface area contributed by atoms with Gasteiger partial charge in [0.1, 0.15) is 5.58 Å². The van der Waals surface area contributed by atoms with Gasteiger partial charge in [-0.25, -0.2) is 0 Å². The lowest BCUT2D eigenvalue weighted by molar-refractivity contribution is 0.100. The Labute approximate surface area is 235 Å². The first kappa shape index (κ1) is 25.6. The van der Waals surface area contributed by atoms with E-state index in [1.165, 1.54) is 0 Å². The summed E-state index contributed by atoms with van der Waals surface area (Å²) in [5.74, 6) is -1.55. The van der Waals surface area contributed by atoms with Crippen LogP contribution in [0.5, 0.6) is 0 Å². The molecule has 0 saturated carbocycles. The fourth-order valence-electron chi connectivity index (χ4n) is 4.94. The Morgan fingerprint density at radius 3 is 1.61 bits per heavy atom. The second-order valence-corrected chi connectivity index (χ2v) is 9.45. The number of ketones is 3. The number of carbonyl (C=O) groups is 3. The van der Waals surface area contributed by atoms with Gasteiger partial charge in [0.2, 0.25) is 11.2 Å². The molecule has 0 aliphatic rings. The smallest absolute Gasteiger partial charge is 0.229 e. The molecule has 0 spiro atoms. The molecule has 1 aromatic heterocycles. The summed E-state index contributed by atoms with van der Waals surface area (Å²) in [7, 11) is 0. The molecule has 0 N–H and O–H groups in total. The minimum Gasteiger partial charge on any atom is -0.452 e. The minimum atomic E-state index is -0.513. The second-order valence-electron chi connectivity index (χ2n) is 9.45. The molecule has 0 fully saturated rings. The van der Waals surface area contributed by atoms with Crippen LogP contribution in [-0.2, 0) is 0 Å². The highest BCUT2D eigenvalue weighted by Crippen LogP contribution is 2.33. The largest absolute Gasteiger partial charge is 0.452 e. The quantitative estimate of drug-likeness (QED) is 0.203. The van der Waals surface area contributed by atoms with Crippen molar-refractivity contribution in [2.45, 2.75) is 0 Å². The van der Waals surface area contributed by atoms with Crippen LogP contribution in [0.4, 0.5) is 0 Å². The van der Waals surface area contributed by atoms with Crippen molar-refractivity contribution in [2.24, 2.45) is 0 Å². The van der Waals surface area contributed by atoms with E-state index in [1.54, 1.807) is 133 Å². The molecule has 41 heavy (non-hydrogen) atoms. The maximum Gasteiger partial charge on any atom is 0.229 e. The molecule has 5 heteroatoms. The van der Waals surface area contributed by atoms with Crippen molar-refractivity contribution in [3.63, 3.8) is 0 Å². The van der Waals surface area contributed by atoms with Crippen molar-refractivity contribution in [3.05, 3.63) is 177 Å². The number of benzene rings is 5. The summed E-state index contributed by atoms with van der Waals surface area (Å²) in [6.45, 7) is 0. The van der Waals surface area contributed by atoms with Gasteiger partial charge in [-0.3, -0.25) is 19.2 Å². The van der Waals surface area contributed by atoms with Crippen LogP contribution in [0, 0.1) is 0 Å². The highest BCUT2D eigenvalue weighted by Gasteiger charge is 2.29. The number of carbonyl (C=O) groups excluding carboxylic acids is 3. The third-order valence-electron chi connectivity index (χ3n) is 6.92. The Morgan fingerprint density at radius 1 is 0.488 bits per heavy atom. The zero-order valence-electron chi connectivity index (χ0n) is 21.7. The molecule has 0 amide bonds. The van der Waals surface area contributed by atoms with Gasteiger partial charge in [-0.2, -0.15) is 0 Å². The Kier molecular flexibility index (Phi) is 6.76. The van der Waals surface area contributed by atoms with Crippen LogP contribution in [0.25, 0.3) is 22.1 Å². The molecule has 0 aliphatic heterocycles. The molecule has 0 atom stereocenters. The first-order valence-electron chi connectivity index (χ1n) is 13.0. The van der Waals surface area contributed by atoms with Crippen molar-refractivity contribution in [1.82, 2.24) is 0 Å². The third-order valence-corrected chi connectivity index (χ3v) is 6.92. The fraction of sp³-hybridized carbons (Fsp3) is 0. The molecule has 5 aromatic carbocycles. The van der Waals surface area contributed by atoms with Crippen LogP contribution in [0.3, 0.4) is 0 Å². The van der Waals surface area contributed by atoms with Gasteiger partial charge in [-0.1, -0.05) is 121 Å². The highest BCUT2D eigenvalue weighted by molar-refractivity contribution is 6.23. The Hall–Kier alpha value is -5.68. The van der Waals surface area contributed by atoms with Crippen molar-refractivity contribution in [3.8, 4) is 11.1 Å². The van der Waals surface area contributed by atoms with Crippen LogP contribution in [0.2, 0.25) is 0 Å². The maximum absolute atomic E-state index is 14.2. The standard InChI is InChI=1S/C36H22O5/c37-32(23-13-4-1-5-14-23)28-21-12-20-27(30(28)33(38)24-15-6-2-7-16-24)31-35(40)26-19-10-11-22-29(26)41-36(31)34(39)25-17-8-3-9-18-25/h1-22H. The molecule has 0 unspecified atom stereocenters. The van der Waals surface area contributed by atoms with Gasteiger partial charge in [-0.15, -0.1) is 0 Å². The zero-order chi connectivity index (χ0) is 28.3. The van der Waals surface area contributed by atoms with Crippen molar-refractivity contribution in [2.75, 3.05) is 0 Å². The van der Waals surface area contributed by atoms with Gasteiger partial charge in [-0.05, 0) is 12.1 Å². The molecule has 6 rings (SSSR count). The lowest BCUT2D eigenvalue weighted by Crippen LogP contribution is -2.18. The summed E-state index contributed by atoms with van der Waals surface area (Å²) in [5, 5.41) is 0.255. The second kappa shape index (κ2) is 10.8. The van der Waals surface area contributed by atoms with E-state index < -0.39 is 17.0 Å². The van der Waals surface area contributed by atoms with Crippen molar-refractivity contribution in [1.29, 1.82) is 0 Å². The van der Waals surface area contributed by atoms with Crippen LogP contribution in [-0.4, -0.2) is 17.3 Å². The van der Waals surface area contributed by atoms with Gasteiger partial charge in [0, 0.05) is 33.4 Å². The molecule has 0 bridgehead atoms. The zero-order valence-corrected chi connectivity index (χ0v) is 21.7. The number of rotatable bonds is 7. The van der Waals surface area contributed by atoms with Gasteiger partial charge >= 0.3 is 0 Å². The maximum atomic E-state index is 14.2. The predicted octanol–water partition coefficient (Wildman–Crippen LogP) is 7.15. The van der Waals surface area contributed by atoms with E-state index in [-0.39, 0.29) is 44.8 Å². The molecule has 0 radical (unpaired) electrons. The number of hydrogen-bond acceptors (Lipinski definition) is 5. The van der Waals surface area contributed by atoms with Gasteiger partial charge in [0.05, 0.1) is 10.9 Å². The van der Waals surface area contributed by atoms with E-state index >= 15 is 0 Å². The van der Waals surface area contributed by atoms with Gasteiger partial charge < -0.3 is 4.42 Å². The highest BCUT2D eigenvalue weighted by atomic mass is 16.3. The lowest BCUT2D eigenvalue weighted by Gasteiger charge is -2.16. The predicted molar refractivity (Wildman–Crippen MR) is 158 cm³/mol. The van der Waals surface area contributed by atoms with Crippen molar-refractivity contribution < 1.29 is 18.8 Å². The first-order valence-corrected chi connectivity index (χ1v) is 13.0. The topological polar surface area (TPSA) is 81.4 Å². The summed E-state index contributed by atoms with van der Waals surface area (Å²) in [6, 6.07) is 37.0. The monoisotopic (exact) mass is 534 g/mol. The van der Waals surface area contributed by atoms with Crippen LogP contribution < -0.4 is 5.43 Å². The molecule has 0 aliphatic carbocycles. The van der Waals surface area contributed by atoms with Crippen LogP contribution in [0.1, 0.15) is 48.0 Å². The lowest BCUT2D eigenvalue weighted by atomic mass is 9.85. The minimum absolute atomic E-state index is 0.0252. The third kappa shape index (κ3) is 4.70. The van der Waals surface area contributed by atoms with E-state index in [0.29, 0.717) is 16.7 Å².